The summed E-state index contributed by atoms with van der Waals surface area (Å²) in [6.45, 7) is 2.28. The fraction of sp³-hybridized carbons (Fsp3) is 0.167. The van der Waals surface area contributed by atoms with Crippen molar-refractivity contribution in [2.75, 3.05) is 0 Å². The quantitative estimate of drug-likeness (QED) is 0.651. The molecule has 4 rings (SSSR count). The lowest BCUT2D eigenvalue weighted by Crippen LogP contribution is -2.03. The molecule has 0 N–H and O–H groups in total. The minimum absolute atomic E-state index is 0.460. The lowest BCUT2D eigenvalue weighted by atomic mass is 9.87. The van der Waals surface area contributed by atoms with Crippen molar-refractivity contribution in [3.8, 4) is 0 Å². The molecule has 0 saturated carbocycles. The van der Waals surface area contributed by atoms with E-state index < -0.39 is 0 Å². The summed E-state index contributed by atoms with van der Waals surface area (Å²) in [6, 6.07) is 8.78. The van der Waals surface area contributed by atoms with Crippen LogP contribution in [0.15, 0.2) is 65.0 Å². The Morgan fingerprint density at radius 1 is 1.16 bits per heavy atom. The second-order valence-electron chi connectivity index (χ2n) is 5.12. The van der Waals surface area contributed by atoms with E-state index in [1.807, 2.05) is 0 Å². The predicted octanol–water partition coefficient (Wildman–Crippen LogP) is 5.09. The molecule has 19 heavy (non-hydrogen) atoms. The average molecular weight is 262 g/mol. The van der Waals surface area contributed by atoms with Gasteiger partial charge >= 0.3 is 0 Å². The van der Waals surface area contributed by atoms with Gasteiger partial charge in [-0.25, -0.2) is 0 Å². The van der Waals surface area contributed by atoms with Crippen molar-refractivity contribution in [1.29, 1.82) is 0 Å². The molecule has 1 heteroatoms. The van der Waals surface area contributed by atoms with Crippen LogP contribution in [-0.4, -0.2) is 5.29 Å². The van der Waals surface area contributed by atoms with Crippen molar-refractivity contribution < 1.29 is 0 Å². The lowest BCUT2D eigenvalue weighted by molar-refractivity contribution is 1.01. The highest BCUT2D eigenvalue weighted by molar-refractivity contribution is 7.47. The van der Waals surface area contributed by atoms with Crippen molar-refractivity contribution in [2.24, 2.45) is 0 Å². The molecule has 0 amide bonds. The molecule has 1 aromatic carbocycles. The molecule has 0 fully saturated rings. The molecule has 1 aliphatic heterocycles. The van der Waals surface area contributed by atoms with Gasteiger partial charge in [-0.1, -0.05) is 63.7 Å². The Kier molecular flexibility index (Phi) is 2.47. The lowest BCUT2D eigenvalue weighted by Gasteiger charge is -2.16. The first-order valence-electron chi connectivity index (χ1n) is 6.86. The molecule has 92 valence electrons. The Bertz CT molecular complexity index is 711. The Hall–Kier alpha value is -1.65. The third-order valence-corrected chi connectivity index (χ3v) is 5.55. The molecule has 2 aliphatic carbocycles. The van der Waals surface area contributed by atoms with Gasteiger partial charge in [0.05, 0.1) is 0 Å². The Morgan fingerprint density at radius 2 is 2.05 bits per heavy atom. The smallest absolute Gasteiger partial charge is 0.0291 e. The van der Waals surface area contributed by atoms with Crippen molar-refractivity contribution >= 4 is 19.6 Å². The molecule has 0 bridgehead atoms. The van der Waals surface area contributed by atoms with Gasteiger partial charge in [-0.3, -0.25) is 0 Å². The maximum Gasteiger partial charge on any atom is 0.0291 e. The summed E-state index contributed by atoms with van der Waals surface area (Å²) in [5, 5.41) is 3.08. The second-order valence-corrected chi connectivity index (χ2v) is 6.36. The van der Waals surface area contributed by atoms with Crippen molar-refractivity contribution in [2.45, 2.75) is 19.3 Å². The summed E-state index contributed by atoms with van der Waals surface area (Å²) in [7, 11) is 1.42. The van der Waals surface area contributed by atoms with Crippen LogP contribution in [0, 0.1) is 0 Å². The monoisotopic (exact) mass is 262 g/mol. The largest absolute Gasteiger partial charge is 0.0720 e. The van der Waals surface area contributed by atoms with Gasteiger partial charge in [0.2, 0.25) is 0 Å². The van der Waals surface area contributed by atoms with Gasteiger partial charge in [0.1, 0.15) is 0 Å². The minimum Gasteiger partial charge on any atom is -0.0720 e. The molecule has 1 unspecified atom stereocenters. The molecule has 0 nitrogen and oxygen atoms in total. The topological polar surface area (TPSA) is 0 Å². The van der Waals surface area contributed by atoms with Gasteiger partial charge < -0.3 is 0 Å². The fourth-order valence-electron chi connectivity index (χ4n) is 3.21. The molecule has 3 aliphatic rings. The van der Waals surface area contributed by atoms with E-state index in [9.17, 15) is 0 Å². The Labute approximate surface area is 115 Å². The first-order chi connectivity index (χ1) is 9.38. The van der Waals surface area contributed by atoms with Crippen LogP contribution in [0.25, 0.3) is 6.08 Å². The molecule has 0 saturated heterocycles. The number of benzene rings is 1. The predicted molar refractivity (Wildman–Crippen MR) is 84.7 cm³/mol. The van der Waals surface area contributed by atoms with Gasteiger partial charge in [0.15, 0.2) is 0 Å². The van der Waals surface area contributed by atoms with Crippen LogP contribution in [-0.2, 0) is 0 Å². The van der Waals surface area contributed by atoms with Crippen LogP contribution in [0.3, 0.4) is 0 Å². The fourth-order valence-corrected chi connectivity index (χ4v) is 4.52. The summed E-state index contributed by atoms with van der Waals surface area (Å²) in [5.74, 6) is 0.460. The standard InChI is InChI=1S/C18H15P/c1-2-16-18(15-8-5-9-17(15)19-16)14-11-10-12-6-3-4-7-13(12)14/h3-11,14H,2H2,1H3. The normalized spacial score (nSPS) is 23.5. The summed E-state index contributed by atoms with van der Waals surface area (Å²) in [4.78, 5) is 0. The molecular formula is C18H15P. The Balaban J connectivity index is 1.85. The molecule has 0 radical (unpaired) electrons. The van der Waals surface area contributed by atoms with Gasteiger partial charge in [0.25, 0.3) is 0 Å². The van der Waals surface area contributed by atoms with Crippen LogP contribution in [0.4, 0.5) is 0 Å². The van der Waals surface area contributed by atoms with Gasteiger partial charge in [-0.15, -0.1) is 0 Å². The zero-order valence-corrected chi connectivity index (χ0v) is 11.8. The average Bonchev–Trinajstić information content (AvgIpc) is 3.11. The first-order valence-corrected chi connectivity index (χ1v) is 7.76. The zero-order chi connectivity index (χ0) is 12.8. The van der Waals surface area contributed by atoms with Crippen LogP contribution in [0.1, 0.15) is 30.4 Å². The van der Waals surface area contributed by atoms with E-state index in [0.29, 0.717) is 5.92 Å². The molecule has 0 spiro atoms. The highest BCUT2D eigenvalue weighted by Crippen LogP contribution is 2.48. The number of hydrogen-bond acceptors (Lipinski definition) is 0. The highest BCUT2D eigenvalue weighted by atomic mass is 31.1. The van der Waals surface area contributed by atoms with Gasteiger partial charge in [-0.05, 0) is 40.1 Å². The maximum absolute atomic E-state index is 2.37. The van der Waals surface area contributed by atoms with Crippen LogP contribution < -0.4 is 0 Å². The van der Waals surface area contributed by atoms with E-state index in [1.165, 1.54) is 30.2 Å². The van der Waals surface area contributed by atoms with E-state index in [-0.39, 0.29) is 0 Å². The van der Waals surface area contributed by atoms with Gasteiger partial charge in [-0.2, -0.15) is 0 Å². The SMILES string of the molecule is CCC1=C(C2C=Cc3ccccc32)C2=CC=CC2=P1. The van der Waals surface area contributed by atoms with E-state index >= 15 is 0 Å². The van der Waals surface area contributed by atoms with Gasteiger partial charge in [0, 0.05) is 11.2 Å². The van der Waals surface area contributed by atoms with E-state index in [4.69, 9.17) is 0 Å². The molecule has 1 aromatic rings. The molecular weight excluding hydrogens is 247 g/mol. The van der Waals surface area contributed by atoms with E-state index in [0.717, 1.165) is 6.42 Å². The second kappa shape index (κ2) is 4.18. The van der Waals surface area contributed by atoms with Crippen LogP contribution in [0.2, 0.25) is 0 Å². The maximum atomic E-state index is 2.37. The third-order valence-electron chi connectivity index (χ3n) is 4.09. The Morgan fingerprint density at radius 3 is 2.95 bits per heavy atom. The number of fused-ring (bicyclic) bond motifs is 2. The van der Waals surface area contributed by atoms with E-state index in [1.54, 1.807) is 10.9 Å². The number of rotatable bonds is 2. The minimum atomic E-state index is 0.460. The van der Waals surface area contributed by atoms with Crippen LogP contribution in [0.5, 0.6) is 0 Å². The first kappa shape index (κ1) is 11.2. The summed E-state index contributed by atoms with van der Waals surface area (Å²) in [5.41, 5.74) is 5.88. The summed E-state index contributed by atoms with van der Waals surface area (Å²) >= 11 is 0. The zero-order valence-electron chi connectivity index (χ0n) is 10.9. The summed E-state index contributed by atoms with van der Waals surface area (Å²) < 4.78 is 0. The highest BCUT2D eigenvalue weighted by Gasteiger charge is 2.30. The molecule has 1 atom stereocenters. The van der Waals surface area contributed by atoms with Crippen molar-refractivity contribution in [1.82, 2.24) is 0 Å². The molecule has 1 heterocycles. The van der Waals surface area contributed by atoms with E-state index in [2.05, 4.69) is 61.6 Å². The third kappa shape index (κ3) is 1.57. The number of allylic oxidation sites excluding steroid dienone is 7. The summed E-state index contributed by atoms with van der Waals surface area (Å²) in [6.07, 6.45) is 12.5. The molecule has 0 aromatic heterocycles. The van der Waals surface area contributed by atoms with Crippen LogP contribution >= 0.6 is 8.20 Å². The van der Waals surface area contributed by atoms with Crippen molar-refractivity contribution in [3.63, 3.8) is 0 Å². The number of hydrogen-bond donors (Lipinski definition) is 0. The van der Waals surface area contributed by atoms with Crippen molar-refractivity contribution in [3.05, 3.63) is 76.2 Å².